The van der Waals surface area contributed by atoms with Gasteiger partial charge in [0.1, 0.15) is 0 Å². The SMILES string of the molecule is CCN(CC)CC(O)CNC(C)c1ccccc1. The minimum Gasteiger partial charge on any atom is -0.390 e. The van der Waals surface area contributed by atoms with Crippen molar-refractivity contribution in [2.24, 2.45) is 0 Å². The van der Waals surface area contributed by atoms with Gasteiger partial charge in [0.25, 0.3) is 0 Å². The van der Waals surface area contributed by atoms with Crippen LogP contribution in [0.4, 0.5) is 0 Å². The van der Waals surface area contributed by atoms with E-state index in [2.05, 4.69) is 43.1 Å². The van der Waals surface area contributed by atoms with Crippen LogP contribution < -0.4 is 5.32 Å². The number of aliphatic hydroxyl groups excluding tert-OH is 1. The summed E-state index contributed by atoms with van der Waals surface area (Å²) in [6, 6.07) is 10.6. The summed E-state index contributed by atoms with van der Waals surface area (Å²) in [6.45, 7) is 9.71. The second-order valence-corrected chi connectivity index (χ2v) is 4.68. The number of likely N-dealkylation sites (N-methyl/N-ethyl adjacent to an activating group) is 1. The fourth-order valence-corrected chi connectivity index (χ4v) is 2.02. The molecule has 0 saturated heterocycles. The molecule has 0 bridgehead atoms. The number of hydrogen-bond donors (Lipinski definition) is 2. The summed E-state index contributed by atoms with van der Waals surface area (Å²) < 4.78 is 0. The summed E-state index contributed by atoms with van der Waals surface area (Å²) in [6.07, 6.45) is -0.309. The predicted octanol–water partition coefficient (Wildman–Crippen LogP) is 2.04. The van der Waals surface area contributed by atoms with Crippen molar-refractivity contribution in [1.29, 1.82) is 0 Å². The largest absolute Gasteiger partial charge is 0.390 e. The zero-order chi connectivity index (χ0) is 13.4. The lowest BCUT2D eigenvalue weighted by molar-refractivity contribution is 0.114. The van der Waals surface area contributed by atoms with Gasteiger partial charge in [0.15, 0.2) is 0 Å². The van der Waals surface area contributed by atoms with Gasteiger partial charge in [-0.3, -0.25) is 0 Å². The van der Waals surface area contributed by atoms with Gasteiger partial charge in [0.05, 0.1) is 6.10 Å². The Balaban J connectivity index is 2.32. The van der Waals surface area contributed by atoms with Crippen LogP contribution in [0.5, 0.6) is 0 Å². The minimum absolute atomic E-state index is 0.276. The molecule has 2 N–H and O–H groups in total. The molecule has 0 radical (unpaired) electrons. The van der Waals surface area contributed by atoms with Crippen LogP contribution in [0.25, 0.3) is 0 Å². The fraction of sp³-hybridized carbons (Fsp3) is 0.600. The molecule has 0 amide bonds. The molecule has 0 spiro atoms. The maximum absolute atomic E-state index is 9.97. The normalized spacial score (nSPS) is 14.7. The highest BCUT2D eigenvalue weighted by Crippen LogP contribution is 2.10. The molecule has 2 atom stereocenters. The number of hydrogen-bond acceptors (Lipinski definition) is 3. The van der Waals surface area contributed by atoms with Crippen LogP contribution in [0.3, 0.4) is 0 Å². The Labute approximate surface area is 111 Å². The van der Waals surface area contributed by atoms with Gasteiger partial charge < -0.3 is 15.3 Å². The minimum atomic E-state index is -0.309. The Morgan fingerprint density at radius 1 is 1.17 bits per heavy atom. The van der Waals surface area contributed by atoms with Crippen molar-refractivity contribution >= 4 is 0 Å². The van der Waals surface area contributed by atoms with Gasteiger partial charge in [-0.2, -0.15) is 0 Å². The zero-order valence-electron chi connectivity index (χ0n) is 11.8. The number of aliphatic hydroxyl groups is 1. The van der Waals surface area contributed by atoms with E-state index in [9.17, 15) is 5.11 Å². The molecule has 102 valence electrons. The number of benzene rings is 1. The first kappa shape index (κ1) is 15.2. The van der Waals surface area contributed by atoms with Crippen molar-refractivity contribution in [1.82, 2.24) is 10.2 Å². The van der Waals surface area contributed by atoms with E-state index in [1.807, 2.05) is 18.2 Å². The second-order valence-electron chi connectivity index (χ2n) is 4.68. The number of rotatable bonds is 8. The monoisotopic (exact) mass is 250 g/mol. The van der Waals surface area contributed by atoms with Crippen LogP contribution in [0.1, 0.15) is 32.4 Å². The number of nitrogens with zero attached hydrogens (tertiary/aromatic N) is 1. The molecule has 0 fully saturated rings. The highest BCUT2D eigenvalue weighted by Gasteiger charge is 2.11. The highest BCUT2D eigenvalue weighted by atomic mass is 16.3. The molecule has 0 heterocycles. The first-order valence-electron chi connectivity index (χ1n) is 6.86. The van der Waals surface area contributed by atoms with E-state index >= 15 is 0 Å². The maximum atomic E-state index is 9.97. The molecular weight excluding hydrogens is 224 g/mol. The van der Waals surface area contributed by atoms with Crippen LogP contribution >= 0.6 is 0 Å². The van der Waals surface area contributed by atoms with Crippen molar-refractivity contribution in [3.63, 3.8) is 0 Å². The highest BCUT2D eigenvalue weighted by molar-refractivity contribution is 5.17. The lowest BCUT2D eigenvalue weighted by Gasteiger charge is -2.23. The van der Waals surface area contributed by atoms with Crippen molar-refractivity contribution in [3.05, 3.63) is 35.9 Å². The summed E-state index contributed by atoms with van der Waals surface area (Å²) in [5.74, 6) is 0. The van der Waals surface area contributed by atoms with Gasteiger partial charge in [-0.1, -0.05) is 44.2 Å². The molecule has 1 rings (SSSR count). The van der Waals surface area contributed by atoms with Crippen molar-refractivity contribution in [3.8, 4) is 0 Å². The Morgan fingerprint density at radius 3 is 2.33 bits per heavy atom. The molecule has 3 nitrogen and oxygen atoms in total. The van der Waals surface area contributed by atoms with E-state index in [4.69, 9.17) is 0 Å². The molecule has 2 unspecified atom stereocenters. The van der Waals surface area contributed by atoms with E-state index in [1.54, 1.807) is 0 Å². The van der Waals surface area contributed by atoms with Crippen LogP contribution in [0.2, 0.25) is 0 Å². The van der Waals surface area contributed by atoms with Gasteiger partial charge in [0.2, 0.25) is 0 Å². The molecule has 0 aliphatic heterocycles. The Kier molecular flexibility index (Phi) is 6.94. The zero-order valence-corrected chi connectivity index (χ0v) is 11.8. The standard InChI is InChI=1S/C15H26N2O/c1-4-17(5-2)12-15(18)11-16-13(3)14-9-7-6-8-10-14/h6-10,13,15-16,18H,4-5,11-12H2,1-3H3. The van der Waals surface area contributed by atoms with Crippen LogP contribution in [-0.4, -0.2) is 42.3 Å². The number of nitrogens with one attached hydrogen (secondary N) is 1. The van der Waals surface area contributed by atoms with Crippen LogP contribution in [0.15, 0.2) is 30.3 Å². The Hall–Kier alpha value is -0.900. The summed E-state index contributed by atoms with van der Waals surface area (Å²) in [5.41, 5.74) is 1.26. The average molecular weight is 250 g/mol. The smallest absolute Gasteiger partial charge is 0.0791 e. The van der Waals surface area contributed by atoms with Crippen LogP contribution in [-0.2, 0) is 0 Å². The molecule has 0 aliphatic rings. The maximum Gasteiger partial charge on any atom is 0.0791 e. The van der Waals surface area contributed by atoms with Crippen molar-refractivity contribution in [2.45, 2.75) is 32.9 Å². The van der Waals surface area contributed by atoms with Gasteiger partial charge in [-0.15, -0.1) is 0 Å². The summed E-state index contributed by atoms with van der Waals surface area (Å²) in [7, 11) is 0. The topological polar surface area (TPSA) is 35.5 Å². The third kappa shape index (κ3) is 5.17. The fourth-order valence-electron chi connectivity index (χ4n) is 2.02. The lowest BCUT2D eigenvalue weighted by atomic mass is 10.1. The molecule has 3 heteroatoms. The van der Waals surface area contributed by atoms with Crippen molar-refractivity contribution in [2.75, 3.05) is 26.2 Å². The predicted molar refractivity (Wildman–Crippen MR) is 76.7 cm³/mol. The third-order valence-electron chi connectivity index (χ3n) is 3.32. The first-order valence-corrected chi connectivity index (χ1v) is 6.86. The Bertz CT molecular complexity index is 312. The summed E-state index contributed by atoms with van der Waals surface area (Å²) >= 11 is 0. The molecule has 1 aromatic carbocycles. The molecule has 1 aromatic rings. The van der Waals surface area contributed by atoms with E-state index < -0.39 is 0 Å². The molecule has 18 heavy (non-hydrogen) atoms. The second kappa shape index (κ2) is 8.25. The quantitative estimate of drug-likeness (QED) is 0.741. The van der Waals surface area contributed by atoms with E-state index in [0.717, 1.165) is 19.6 Å². The summed E-state index contributed by atoms with van der Waals surface area (Å²) in [5, 5.41) is 13.3. The van der Waals surface area contributed by atoms with Gasteiger partial charge in [-0.25, -0.2) is 0 Å². The van der Waals surface area contributed by atoms with Crippen LogP contribution in [0, 0.1) is 0 Å². The molecular formula is C15H26N2O. The van der Waals surface area contributed by atoms with Gasteiger partial charge in [-0.05, 0) is 25.6 Å². The third-order valence-corrected chi connectivity index (χ3v) is 3.32. The van der Waals surface area contributed by atoms with E-state index in [0.29, 0.717) is 6.54 Å². The van der Waals surface area contributed by atoms with Crippen molar-refractivity contribution < 1.29 is 5.11 Å². The lowest BCUT2D eigenvalue weighted by Crippen LogP contribution is -2.38. The van der Waals surface area contributed by atoms with E-state index in [1.165, 1.54) is 5.56 Å². The molecule has 0 saturated carbocycles. The summed E-state index contributed by atoms with van der Waals surface area (Å²) in [4.78, 5) is 2.24. The van der Waals surface area contributed by atoms with Gasteiger partial charge in [0, 0.05) is 19.1 Å². The Morgan fingerprint density at radius 2 is 1.78 bits per heavy atom. The van der Waals surface area contributed by atoms with Gasteiger partial charge >= 0.3 is 0 Å². The average Bonchev–Trinajstić information content (AvgIpc) is 2.43. The first-order chi connectivity index (χ1) is 8.67. The molecule has 0 aromatic heterocycles. The van der Waals surface area contributed by atoms with E-state index in [-0.39, 0.29) is 12.1 Å². The molecule has 0 aliphatic carbocycles.